The van der Waals surface area contributed by atoms with Crippen LogP contribution in [0.5, 0.6) is 0 Å². The van der Waals surface area contributed by atoms with Crippen molar-refractivity contribution in [1.29, 1.82) is 0 Å². The van der Waals surface area contributed by atoms with Crippen LogP contribution in [-0.4, -0.2) is 13.6 Å². The molecule has 0 saturated heterocycles. The molecule has 1 N–H and O–H groups in total. The summed E-state index contributed by atoms with van der Waals surface area (Å²) in [5.74, 6) is -0.879. The predicted octanol–water partition coefficient (Wildman–Crippen LogP) is 3.86. The molecular weight excluding hydrogens is 246 g/mol. The first-order valence-corrected chi connectivity index (χ1v) is 5.58. The molecule has 0 aliphatic rings. The molecule has 1 nitrogen and oxygen atoms in total. The summed E-state index contributed by atoms with van der Waals surface area (Å²) in [6.45, 7) is 2.46. The van der Waals surface area contributed by atoms with Gasteiger partial charge in [0.2, 0.25) is 0 Å². The van der Waals surface area contributed by atoms with Gasteiger partial charge in [0.15, 0.2) is 0 Å². The van der Waals surface area contributed by atoms with E-state index >= 15 is 0 Å². The van der Waals surface area contributed by atoms with E-state index in [1.807, 2.05) is 6.92 Å². The Morgan fingerprint density at radius 1 is 1.28 bits per heavy atom. The molecule has 0 aliphatic carbocycles. The molecule has 18 heavy (non-hydrogen) atoms. The topological polar surface area (TPSA) is 12.0 Å². The number of rotatable bonds is 4. The minimum Gasteiger partial charge on any atom is -0.316 e. The van der Waals surface area contributed by atoms with Gasteiger partial charge in [0.1, 0.15) is 5.82 Å². The average Bonchev–Trinajstić information content (AvgIpc) is 2.26. The van der Waals surface area contributed by atoms with Gasteiger partial charge in [-0.25, -0.2) is 4.39 Å². The van der Waals surface area contributed by atoms with E-state index in [1.54, 1.807) is 13.1 Å². The van der Waals surface area contributed by atoms with Gasteiger partial charge < -0.3 is 5.32 Å². The lowest BCUT2D eigenvalue weighted by Crippen LogP contribution is -2.10. The average molecular weight is 261 g/mol. The molecule has 0 amide bonds. The first-order chi connectivity index (χ1) is 8.36. The third-order valence-electron chi connectivity index (χ3n) is 2.48. The molecule has 0 bridgehead atoms. The summed E-state index contributed by atoms with van der Waals surface area (Å²) in [4.78, 5) is 0. The maximum Gasteiger partial charge on any atom is 0.416 e. The fourth-order valence-electron chi connectivity index (χ4n) is 1.60. The summed E-state index contributed by atoms with van der Waals surface area (Å²) >= 11 is 0. The van der Waals surface area contributed by atoms with Gasteiger partial charge in [-0.15, -0.1) is 0 Å². The fourth-order valence-corrected chi connectivity index (χ4v) is 1.60. The summed E-state index contributed by atoms with van der Waals surface area (Å²) in [7, 11) is 1.75. The van der Waals surface area contributed by atoms with Gasteiger partial charge in [-0.3, -0.25) is 0 Å². The van der Waals surface area contributed by atoms with E-state index in [0.717, 1.165) is 17.7 Å². The SMILES string of the molecule is CC/C(=C/c1cc(F)cc(C(F)(F)F)c1)CNC. The second kappa shape index (κ2) is 6.00. The Morgan fingerprint density at radius 3 is 2.44 bits per heavy atom. The Labute approximate surface area is 104 Å². The monoisotopic (exact) mass is 261 g/mol. The van der Waals surface area contributed by atoms with E-state index in [-0.39, 0.29) is 5.56 Å². The van der Waals surface area contributed by atoms with Crippen LogP contribution in [0.1, 0.15) is 24.5 Å². The quantitative estimate of drug-likeness (QED) is 0.811. The van der Waals surface area contributed by atoms with E-state index in [4.69, 9.17) is 0 Å². The number of nitrogens with one attached hydrogen (secondary N) is 1. The molecule has 0 atom stereocenters. The predicted molar refractivity (Wildman–Crippen MR) is 63.6 cm³/mol. The number of alkyl halides is 3. The van der Waals surface area contributed by atoms with Crippen molar-refractivity contribution in [2.24, 2.45) is 0 Å². The van der Waals surface area contributed by atoms with Crippen LogP contribution in [0, 0.1) is 5.82 Å². The van der Waals surface area contributed by atoms with Crippen LogP contribution in [0.25, 0.3) is 6.08 Å². The standard InChI is InChI=1S/C13H15F4N/c1-3-9(8-18-2)4-10-5-11(13(15,16)17)7-12(14)6-10/h4-7,18H,3,8H2,1-2H3/b9-4-. The highest BCUT2D eigenvalue weighted by Gasteiger charge is 2.31. The molecule has 1 aromatic rings. The van der Waals surface area contributed by atoms with Crippen molar-refractivity contribution in [3.8, 4) is 0 Å². The Kier molecular flexibility index (Phi) is 4.90. The Balaban J connectivity index is 3.14. The Morgan fingerprint density at radius 2 is 1.94 bits per heavy atom. The molecule has 0 aliphatic heterocycles. The molecule has 0 radical (unpaired) electrons. The summed E-state index contributed by atoms with van der Waals surface area (Å²) in [6.07, 6.45) is -2.26. The third-order valence-corrected chi connectivity index (χ3v) is 2.48. The fraction of sp³-hybridized carbons (Fsp3) is 0.385. The number of halogens is 4. The van der Waals surface area contributed by atoms with E-state index in [1.165, 1.54) is 0 Å². The van der Waals surface area contributed by atoms with Crippen LogP contribution >= 0.6 is 0 Å². The zero-order valence-electron chi connectivity index (χ0n) is 10.2. The minimum absolute atomic E-state index is 0.231. The molecule has 1 rings (SSSR count). The summed E-state index contributed by atoms with van der Waals surface area (Å²) < 4.78 is 50.7. The van der Waals surface area contributed by atoms with Crippen molar-refractivity contribution in [2.75, 3.05) is 13.6 Å². The van der Waals surface area contributed by atoms with Gasteiger partial charge in [-0.1, -0.05) is 18.6 Å². The van der Waals surface area contributed by atoms with Crippen molar-refractivity contribution in [1.82, 2.24) is 5.32 Å². The Hall–Kier alpha value is -1.36. The van der Waals surface area contributed by atoms with Crippen LogP contribution in [0.3, 0.4) is 0 Å². The molecule has 0 heterocycles. The number of hydrogen-bond acceptors (Lipinski definition) is 1. The van der Waals surface area contributed by atoms with Crippen LogP contribution in [0.15, 0.2) is 23.8 Å². The van der Waals surface area contributed by atoms with Crippen LogP contribution < -0.4 is 5.32 Å². The Bertz CT molecular complexity index is 435. The van der Waals surface area contributed by atoms with Gasteiger partial charge in [0.05, 0.1) is 5.56 Å². The zero-order valence-corrected chi connectivity index (χ0v) is 10.2. The lowest BCUT2D eigenvalue weighted by Gasteiger charge is -2.09. The number of likely N-dealkylation sites (N-methyl/N-ethyl adjacent to an activating group) is 1. The van der Waals surface area contributed by atoms with E-state index in [2.05, 4.69) is 5.32 Å². The normalized spacial score (nSPS) is 12.9. The summed E-state index contributed by atoms with van der Waals surface area (Å²) in [5.41, 5.74) is 0.180. The van der Waals surface area contributed by atoms with E-state index < -0.39 is 17.6 Å². The van der Waals surface area contributed by atoms with Crippen LogP contribution in [-0.2, 0) is 6.18 Å². The smallest absolute Gasteiger partial charge is 0.316 e. The van der Waals surface area contributed by atoms with Crippen molar-refractivity contribution in [3.63, 3.8) is 0 Å². The lowest BCUT2D eigenvalue weighted by molar-refractivity contribution is -0.137. The van der Waals surface area contributed by atoms with E-state index in [9.17, 15) is 17.6 Å². The molecule has 0 spiro atoms. The van der Waals surface area contributed by atoms with Crippen molar-refractivity contribution in [2.45, 2.75) is 19.5 Å². The molecule has 0 saturated carbocycles. The lowest BCUT2D eigenvalue weighted by atomic mass is 10.1. The summed E-state index contributed by atoms with van der Waals surface area (Å²) in [5, 5.41) is 2.91. The minimum atomic E-state index is -4.53. The zero-order chi connectivity index (χ0) is 13.8. The van der Waals surface area contributed by atoms with E-state index in [0.29, 0.717) is 19.0 Å². The van der Waals surface area contributed by atoms with Crippen molar-refractivity contribution in [3.05, 3.63) is 40.7 Å². The second-order valence-corrected chi connectivity index (χ2v) is 3.96. The largest absolute Gasteiger partial charge is 0.416 e. The maximum absolute atomic E-state index is 13.2. The van der Waals surface area contributed by atoms with Gasteiger partial charge >= 0.3 is 6.18 Å². The van der Waals surface area contributed by atoms with Gasteiger partial charge in [0, 0.05) is 6.54 Å². The second-order valence-electron chi connectivity index (χ2n) is 3.96. The number of hydrogen-bond donors (Lipinski definition) is 1. The molecule has 1 aromatic carbocycles. The van der Waals surface area contributed by atoms with Gasteiger partial charge in [0.25, 0.3) is 0 Å². The highest BCUT2D eigenvalue weighted by molar-refractivity contribution is 5.54. The molecule has 0 unspecified atom stereocenters. The van der Waals surface area contributed by atoms with Gasteiger partial charge in [-0.2, -0.15) is 13.2 Å². The highest BCUT2D eigenvalue weighted by atomic mass is 19.4. The molecule has 100 valence electrons. The van der Waals surface area contributed by atoms with Crippen LogP contribution in [0.2, 0.25) is 0 Å². The first kappa shape index (κ1) is 14.7. The first-order valence-electron chi connectivity index (χ1n) is 5.58. The van der Waals surface area contributed by atoms with Gasteiger partial charge in [-0.05, 0) is 37.2 Å². The van der Waals surface area contributed by atoms with Crippen molar-refractivity contribution >= 4 is 6.08 Å². The number of benzene rings is 1. The van der Waals surface area contributed by atoms with Crippen molar-refractivity contribution < 1.29 is 17.6 Å². The maximum atomic E-state index is 13.2. The highest BCUT2D eigenvalue weighted by Crippen LogP contribution is 2.30. The third kappa shape index (κ3) is 4.14. The molecular formula is C13H15F4N. The molecule has 0 fully saturated rings. The summed E-state index contributed by atoms with van der Waals surface area (Å²) in [6, 6.07) is 2.55. The molecule has 0 aromatic heterocycles. The molecule has 5 heteroatoms. The van der Waals surface area contributed by atoms with Crippen LogP contribution in [0.4, 0.5) is 17.6 Å².